The monoisotopic (exact) mass is 300 g/mol. The fraction of sp³-hybridized carbons (Fsp3) is 0.294. The van der Waals surface area contributed by atoms with E-state index in [-0.39, 0.29) is 11.8 Å². The number of benzene rings is 1. The van der Waals surface area contributed by atoms with Crippen LogP contribution in [-0.4, -0.2) is 27.6 Å². The number of carboxylic acids is 1. The van der Waals surface area contributed by atoms with Crippen LogP contribution in [0.1, 0.15) is 30.6 Å². The minimum Gasteiger partial charge on any atom is -0.480 e. The van der Waals surface area contributed by atoms with Gasteiger partial charge in [0.25, 0.3) is 5.91 Å². The van der Waals surface area contributed by atoms with Gasteiger partial charge in [-0.1, -0.05) is 26.3 Å². The van der Waals surface area contributed by atoms with Gasteiger partial charge in [0.2, 0.25) is 0 Å². The van der Waals surface area contributed by atoms with Gasteiger partial charge in [-0.2, -0.15) is 0 Å². The molecule has 0 bridgehead atoms. The number of nitrogens with one attached hydrogen (secondary N) is 1. The summed E-state index contributed by atoms with van der Waals surface area (Å²) < 4.78 is 1.89. The summed E-state index contributed by atoms with van der Waals surface area (Å²) in [4.78, 5) is 23.6. The zero-order valence-corrected chi connectivity index (χ0v) is 12.7. The fourth-order valence-corrected chi connectivity index (χ4v) is 2.22. The van der Waals surface area contributed by atoms with E-state index in [1.807, 2.05) is 49.0 Å². The zero-order valence-electron chi connectivity index (χ0n) is 12.7. The standard InChI is InChI=1S/C17H20N2O3/c1-3-12(2)15(17(21)22)18-16(20)13-7-6-8-14(11-13)19-9-4-5-10-19/h4-12,15H,3H2,1-2H3,(H,18,20)(H,21,22). The number of hydrogen-bond donors (Lipinski definition) is 2. The third-order valence-electron chi connectivity index (χ3n) is 3.78. The molecular formula is C17H20N2O3. The van der Waals surface area contributed by atoms with Gasteiger partial charge >= 0.3 is 5.97 Å². The molecule has 5 nitrogen and oxygen atoms in total. The van der Waals surface area contributed by atoms with Crippen LogP contribution in [0, 0.1) is 5.92 Å². The van der Waals surface area contributed by atoms with E-state index in [1.54, 1.807) is 18.2 Å². The number of nitrogens with zero attached hydrogens (tertiary/aromatic N) is 1. The number of carbonyl (C=O) groups is 2. The summed E-state index contributed by atoms with van der Waals surface area (Å²) in [5.41, 5.74) is 1.30. The van der Waals surface area contributed by atoms with Gasteiger partial charge < -0.3 is 15.0 Å². The van der Waals surface area contributed by atoms with Crippen LogP contribution in [0.4, 0.5) is 0 Å². The van der Waals surface area contributed by atoms with Crippen molar-refractivity contribution in [2.45, 2.75) is 26.3 Å². The van der Waals surface area contributed by atoms with Crippen LogP contribution in [0.15, 0.2) is 48.8 Å². The molecule has 1 aromatic heterocycles. The lowest BCUT2D eigenvalue weighted by Gasteiger charge is -2.20. The van der Waals surface area contributed by atoms with Gasteiger partial charge in [0, 0.05) is 23.6 Å². The van der Waals surface area contributed by atoms with E-state index < -0.39 is 12.0 Å². The Balaban J connectivity index is 2.19. The van der Waals surface area contributed by atoms with E-state index in [0.717, 1.165) is 5.69 Å². The maximum Gasteiger partial charge on any atom is 0.326 e. The second kappa shape index (κ2) is 6.93. The molecule has 22 heavy (non-hydrogen) atoms. The average Bonchev–Trinajstić information content (AvgIpc) is 3.06. The number of aliphatic carboxylic acids is 1. The molecule has 0 aliphatic carbocycles. The zero-order chi connectivity index (χ0) is 16.1. The molecule has 0 saturated heterocycles. The summed E-state index contributed by atoms with van der Waals surface area (Å²) in [6.07, 6.45) is 4.45. The molecule has 2 unspecified atom stereocenters. The number of hydrogen-bond acceptors (Lipinski definition) is 2. The Kier molecular flexibility index (Phi) is 4.99. The molecule has 5 heteroatoms. The molecule has 0 aliphatic rings. The Bertz CT molecular complexity index is 650. The van der Waals surface area contributed by atoms with Crippen molar-refractivity contribution in [2.24, 2.45) is 5.92 Å². The number of carbonyl (C=O) groups excluding carboxylic acids is 1. The highest BCUT2D eigenvalue weighted by molar-refractivity contribution is 5.97. The predicted molar refractivity (Wildman–Crippen MR) is 84.1 cm³/mol. The van der Waals surface area contributed by atoms with Crippen molar-refractivity contribution >= 4 is 11.9 Å². The van der Waals surface area contributed by atoms with Gasteiger partial charge in [-0.15, -0.1) is 0 Å². The van der Waals surface area contributed by atoms with Crippen LogP contribution >= 0.6 is 0 Å². The first kappa shape index (κ1) is 15.8. The highest BCUT2D eigenvalue weighted by atomic mass is 16.4. The number of carboxylic acid groups (broad SMARTS) is 1. The molecule has 2 atom stereocenters. The Morgan fingerprint density at radius 1 is 1.23 bits per heavy atom. The largest absolute Gasteiger partial charge is 0.480 e. The first-order chi connectivity index (χ1) is 10.5. The van der Waals surface area contributed by atoms with Gasteiger partial charge in [0.1, 0.15) is 6.04 Å². The Morgan fingerprint density at radius 3 is 2.50 bits per heavy atom. The normalized spacial score (nSPS) is 13.4. The fourth-order valence-electron chi connectivity index (χ4n) is 2.22. The van der Waals surface area contributed by atoms with Gasteiger partial charge in [0.15, 0.2) is 0 Å². The minimum atomic E-state index is -1.01. The summed E-state index contributed by atoms with van der Waals surface area (Å²) >= 11 is 0. The Morgan fingerprint density at radius 2 is 1.91 bits per heavy atom. The molecule has 1 amide bonds. The highest BCUT2D eigenvalue weighted by Crippen LogP contribution is 2.13. The number of aromatic nitrogens is 1. The molecule has 0 saturated carbocycles. The first-order valence-electron chi connectivity index (χ1n) is 7.30. The molecule has 2 aromatic rings. The summed E-state index contributed by atoms with van der Waals surface area (Å²) in [5.74, 6) is -1.51. The summed E-state index contributed by atoms with van der Waals surface area (Å²) in [6, 6.07) is 10.0. The van der Waals surface area contributed by atoms with E-state index in [9.17, 15) is 14.7 Å². The van der Waals surface area contributed by atoms with Crippen LogP contribution in [0.5, 0.6) is 0 Å². The lowest BCUT2D eigenvalue weighted by Crippen LogP contribution is -2.45. The second-order valence-electron chi connectivity index (χ2n) is 5.32. The van der Waals surface area contributed by atoms with Gasteiger partial charge in [-0.3, -0.25) is 4.79 Å². The molecule has 0 spiro atoms. The predicted octanol–water partition coefficient (Wildman–Crippen LogP) is 2.71. The van der Waals surface area contributed by atoms with Crippen LogP contribution in [0.3, 0.4) is 0 Å². The number of rotatable bonds is 6. The maximum atomic E-state index is 12.3. The van der Waals surface area contributed by atoms with Crippen molar-refractivity contribution in [3.8, 4) is 5.69 Å². The maximum absolute atomic E-state index is 12.3. The van der Waals surface area contributed by atoms with Crippen molar-refractivity contribution < 1.29 is 14.7 Å². The molecule has 1 heterocycles. The van der Waals surface area contributed by atoms with E-state index >= 15 is 0 Å². The SMILES string of the molecule is CCC(C)C(NC(=O)c1cccc(-n2cccc2)c1)C(=O)O. The van der Waals surface area contributed by atoms with E-state index in [4.69, 9.17) is 0 Å². The highest BCUT2D eigenvalue weighted by Gasteiger charge is 2.25. The average molecular weight is 300 g/mol. The molecule has 2 N–H and O–H groups in total. The topological polar surface area (TPSA) is 71.3 Å². The lowest BCUT2D eigenvalue weighted by molar-refractivity contribution is -0.140. The summed E-state index contributed by atoms with van der Waals surface area (Å²) in [5, 5.41) is 11.9. The summed E-state index contributed by atoms with van der Waals surface area (Å²) in [6.45, 7) is 3.72. The van der Waals surface area contributed by atoms with Crippen molar-refractivity contribution in [1.29, 1.82) is 0 Å². The molecule has 116 valence electrons. The quantitative estimate of drug-likeness (QED) is 0.861. The molecule has 2 rings (SSSR count). The molecule has 0 aliphatic heterocycles. The van der Waals surface area contributed by atoms with E-state index in [2.05, 4.69) is 5.32 Å². The first-order valence-corrected chi connectivity index (χ1v) is 7.30. The third kappa shape index (κ3) is 3.55. The van der Waals surface area contributed by atoms with Crippen molar-refractivity contribution in [3.05, 3.63) is 54.4 Å². The van der Waals surface area contributed by atoms with E-state index in [0.29, 0.717) is 12.0 Å². The van der Waals surface area contributed by atoms with Crippen LogP contribution in [-0.2, 0) is 4.79 Å². The summed E-state index contributed by atoms with van der Waals surface area (Å²) in [7, 11) is 0. The van der Waals surface area contributed by atoms with Crippen molar-refractivity contribution in [3.63, 3.8) is 0 Å². The Labute approximate surface area is 129 Å². The number of amides is 1. The van der Waals surface area contributed by atoms with E-state index in [1.165, 1.54) is 0 Å². The molecular weight excluding hydrogens is 280 g/mol. The smallest absolute Gasteiger partial charge is 0.326 e. The minimum absolute atomic E-state index is 0.130. The lowest BCUT2D eigenvalue weighted by atomic mass is 9.99. The van der Waals surface area contributed by atoms with Crippen molar-refractivity contribution in [2.75, 3.05) is 0 Å². The second-order valence-corrected chi connectivity index (χ2v) is 5.32. The molecule has 0 fully saturated rings. The van der Waals surface area contributed by atoms with Crippen LogP contribution in [0.2, 0.25) is 0 Å². The van der Waals surface area contributed by atoms with Gasteiger partial charge in [-0.05, 0) is 36.2 Å². The van der Waals surface area contributed by atoms with Crippen LogP contribution < -0.4 is 5.32 Å². The van der Waals surface area contributed by atoms with Gasteiger partial charge in [0.05, 0.1) is 0 Å². The van der Waals surface area contributed by atoms with Gasteiger partial charge in [-0.25, -0.2) is 4.79 Å². The van der Waals surface area contributed by atoms with Crippen LogP contribution in [0.25, 0.3) is 5.69 Å². The van der Waals surface area contributed by atoms with Crippen molar-refractivity contribution in [1.82, 2.24) is 9.88 Å². The Hall–Kier alpha value is -2.56. The molecule has 0 radical (unpaired) electrons. The third-order valence-corrected chi connectivity index (χ3v) is 3.78. The molecule has 1 aromatic carbocycles.